The van der Waals surface area contributed by atoms with Crippen LogP contribution < -0.4 is 11.1 Å². The van der Waals surface area contributed by atoms with Gasteiger partial charge < -0.3 is 11.1 Å². The van der Waals surface area contributed by atoms with Gasteiger partial charge in [-0.1, -0.05) is 44.2 Å². The van der Waals surface area contributed by atoms with Crippen LogP contribution >= 0.6 is 0 Å². The highest BCUT2D eigenvalue weighted by Crippen LogP contribution is 2.18. The number of hydrogen-bond donors (Lipinski definition) is 2. The number of rotatable bonds is 4. The first kappa shape index (κ1) is 16.3. The molecule has 0 spiro atoms. The van der Waals surface area contributed by atoms with Crippen LogP contribution in [0.3, 0.4) is 0 Å². The molecule has 0 aliphatic rings. The maximum Gasteiger partial charge on any atom is 0.252 e. The van der Waals surface area contributed by atoms with Crippen LogP contribution in [0.5, 0.6) is 0 Å². The van der Waals surface area contributed by atoms with E-state index in [-0.39, 0.29) is 17.9 Å². The molecule has 1 rings (SSSR count). The van der Waals surface area contributed by atoms with E-state index in [4.69, 9.17) is 5.73 Å². The normalized spacial score (nSPS) is 10.7. The minimum atomic E-state index is -0.0726. The second-order valence-electron chi connectivity index (χ2n) is 5.76. The highest BCUT2D eigenvalue weighted by atomic mass is 16.1. The zero-order chi connectivity index (χ0) is 15.2. The number of nitrogens with one attached hydrogen (secondary N) is 1. The predicted octanol–water partition coefficient (Wildman–Crippen LogP) is 2.47. The van der Waals surface area contributed by atoms with Crippen LogP contribution in [0.4, 0.5) is 0 Å². The van der Waals surface area contributed by atoms with Gasteiger partial charge >= 0.3 is 0 Å². The summed E-state index contributed by atoms with van der Waals surface area (Å²) in [4.78, 5) is 12.3. The monoisotopic (exact) mass is 272 g/mol. The lowest BCUT2D eigenvalue weighted by Crippen LogP contribution is -2.34. The number of carbonyl (C=O) groups excluding carboxylic acids is 1. The standard InChI is InChI=1S/C17H24N2O/c1-5-17(3,4)12-19-16(20)15-11-13(2)8-9-14(15)7-6-10-18/h8-9,11H,5,10,12,18H2,1-4H3,(H,19,20). The summed E-state index contributed by atoms with van der Waals surface area (Å²) < 4.78 is 0. The summed E-state index contributed by atoms with van der Waals surface area (Å²) >= 11 is 0. The Morgan fingerprint density at radius 3 is 2.70 bits per heavy atom. The number of aryl methyl sites for hydroxylation is 1. The molecule has 0 atom stereocenters. The van der Waals surface area contributed by atoms with Crippen molar-refractivity contribution in [3.63, 3.8) is 0 Å². The van der Waals surface area contributed by atoms with Gasteiger partial charge in [-0.2, -0.15) is 0 Å². The Hall–Kier alpha value is -1.79. The quantitative estimate of drug-likeness (QED) is 0.827. The summed E-state index contributed by atoms with van der Waals surface area (Å²) in [7, 11) is 0. The van der Waals surface area contributed by atoms with Crippen LogP contribution in [0.25, 0.3) is 0 Å². The van der Waals surface area contributed by atoms with Crippen molar-refractivity contribution >= 4 is 5.91 Å². The van der Waals surface area contributed by atoms with Crippen molar-refractivity contribution in [3.05, 3.63) is 34.9 Å². The van der Waals surface area contributed by atoms with E-state index in [1.807, 2.05) is 25.1 Å². The smallest absolute Gasteiger partial charge is 0.252 e. The third-order valence-corrected chi connectivity index (χ3v) is 3.43. The van der Waals surface area contributed by atoms with Crippen LogP contribution in [0, 0.1) is 24.2 Å². The molecule has 0 radical (unpaired) electrons. The van der Waals surface area contributed by atoms with E-state index >= 15 is 0 Å². The van der Waals surface area contributed by atoms with Gasteiger partial charge in [0.15, 0.2) is 0 Å². The molecule has 0 aliphatic heterocycles. The molecule has 0 saturated carbocycles. The summed E-state index contributed by atoms with van der Waals surface area (Å²) in [6.07, 6.45) is 1.01. The number of carbonyl (C=O) groups is 1. The maximum atomic E-state index is 12.3. The molecule has 0 bridgehead atoms. The molecule has 3 heteroatoms. The maximum absolute atomic E-state index is 12.3. The molecule has 1 aromatic rings. The summed E-state index contributed by atoms with van der Waals surface area (Å²) in [6, 6.07) is 5.69. The summed E-state index contributed by atoms with van der Waals surface area (Å²) in [5.74, 6) is 5.68. The molecule has 1 aromatic carbocycles. The third kappa shape index (κ3) is 4.71. The number of amides is 1. The SMILES string of the molecule is CCC(C)(C)CNC(=O)c1cc(C)ccc1C#CCN. The molecule has 0 aromatic heterocycles. The van der Waals surface area contributed by atoms with Gasteiger partial charge in [0, 0.05) is 12.1 Å². The van der Waals surface area contributed by atoms with Gasteiger partial charge in [0.25, 0.3) is 5.91 Å². The van der Waals surface area contributed by atoms with Gasteiger partial charge in [-0.3, -0.25) is 4.79 Å². The predicted molar refractivity (Wildman–Crippen MR) is 83.5 cm³/mol. The van der Waals surface area contributed by atoms with E-state index in [1.54, 1.807) is 0 Å². The third-order valence-electron chi connectivity index (χ3n) is 3.43. The Kier molecular flexibility index (Phi) is 5.79. The van der Waals surface area contributed by atoms with E-state index in [1.165, 1.54) is 0 Å². The Balaban J connectivity index is 2.94. The first-order valence-corrected chi connectivity index (χ1v) is 6.97. The Bertz CT molecular complexity index is 536. The molecule has 1 amide bonds. The molecule has 0 unspecified atom stereocenters. The van der Waals surface area contributed by atoms with E-state index in [2.05, 4.69) is 37.9 Å². The van der Waals surface area contributed by atoms with Crippen molar-refractivity contribution in [2.75, 3.05) is 13.1 Å². The lowest BCUT2D eigenvalue weighted by Gasteiger charge is -2.23. The van der Waals surface area contributed by atoms with Gasteiger partial charge in [0.05, 0.1) is 12.1 Å². The first-order valence-electron chi connectivity index (χ1n) is 6.97. The van der Waals surface area contributed by atoms with Gasteiger partial charge in [-0.15, -0.1) is 0 Å². The van der Waals surface area contributed by atoms with Gasteiger partial charge in [-0.05, 0) is 30.9 Å². The fourth-order valence-corrected chi connectivity index (χ4v) is 1.64. The van der Waals surface area contributed by atoms with Crippen molar-refractivity contribution in [2.45, 2.75) is 34.1 Å². The molecular weight excluding hydrogens is 248 g/mol. The Morgan fingerprint density at radius 2 is 2.10 bits per heavy atom. The molecule has 108 valence electrons. The highest BCUT2D eigenvalue weighted by molar-refractivity contribution is 5.97. The van der Waals surface area contributed by atoms with E-state index in [0.717, 1.165) is 17.5 Å². The van der Waals surface area contributed by atoms with Gasteiger partial charge in [0.1, 0.15) is 0 Å². The lowest BCUT2D eigenvalue weighted by molar-refractivity contribution is 0.0935. The van der Waals surface area contributed by atoms with Crippen molar-refractivity contribution in [2.24, 2.45) is 11.1 Å². The van der Waals surface area contributed by atoms with Gasteiger partial charge in [-0.25, -0.2) is 0 Å². The van der Waals surface area contributed by atoms with Crippen LogP contribution in [-0.4, -0.2) is 19.0 Å². The zero-order valence-electron chi connectivity index (χ0n) is 12.8. The first-order chi connectivity index (χ1) is 9.39. The Labute approximate surface area is 121 Å². The highest BCUT2D eigenvalue weighted by Gasteiger charge is 2.18. The van der Waals surface area contributed by atoms with Crippen LogP contribution in [0.2, 0.25) is 0 Å². The van der Waals surface area contributed by atoms with Crippen LogP contribution in [0.1, 0.15) is 48.7 Å². The van der Waals surface area contributed by atoms with E-state index < -0.39 is 0 Å². The molecule has 0 aliphatic carbocycles. The molecule has 20 heavy (non-hydrogen) atoms. The molecule has 3 nitrogen and oxygen atoms in total. The van der Waals surface area contributed by atoms with Crippen molar-refractivity contribution in [1.82, 2.24) is 5.32 Å². The average Bonchev–Trinajstić information content (AvgIpc) is 2.43. The van der Waals surface area contributed by atoms with Crippen molar-refractivity contribution in [3.8, 4) is 11.8 Å². The topological polar surface area (TPSA) is 55.1 Å². The van der Waals surface area contributed by atoms with E-state index in [0.29, 0.717) is 12.1 Å². The van der Waals surface area contributed by atoms with Crippen LogP contribution in [-0.2, 0) is 0 Å². The summed E-state index contributed by atoms with van der Waals surface area (Å²) in [5, 5.41) is 3.00. The van der Waals surface area contributed by atoms with Crippen molar-refractivity contribution in [1.29, 1.82) is 0 Å². The summed E-state index contributed by atoms with van der Waals surface area (Å²) in [5.41, 5.74) is 7.89. The molecular formula is C17H24N2O. The molecule has 3 N–H and O–H groups in total. The average molecular weight is 272 g/mol. The Morgan fingerprint density at radius 1 is 1.40 bits per heavy atom. The number of benzene rings is 1. The summed E-state index contributed by atoms with van der Waals surface area (Å²) in [6.45, 7) is 9.30. The largest absolute Gasteiger partial charge is 0.351 e. The fraction of sp³-hybridized carbons (Fsp3) is 0.471. The van der Waals surface area contributed by atoms with Crippen molar-refractivity contribution < 1.29 is 4.79 Å². The second kappa shape index (κ2) is 7.12. The minimum Gasteiger partial charge on any atom is -0.351 e. The fourth-order valence-electron chi connectivity index (χ4n) is 1.64. The van der Waals surface area contributed by atoms with Gasteiger partial charge in [0.2, 0.25) is 0 Å². The minimum absolute atomic E-state index is 0.0726. The van der Waals surface area contributed by atoms with Crippen LogP contribution in [0.15, 0.2) is 18.2 Å². The lowest BCUT2D eigenvalue weighted by atomic mass is 9.90. The molecule has 0 heterocycles. The molecule has 0 fully saturated rings. The number of hydrogen-bond acceptors (Lipinski definition) is 2. The molecule has 0 saturated heterocycles. The van der Waals surface area contributed by atoms with E-state index in [9.17, 15) is 4.79 Å². The second-order valence-corrected chi connectivity index (χ2v) is 5.76. The number of nitrogens with two attached hydrogens (primary N) is 1. The zero-order valence-corrected chi connectivity index (χ0v) is 12.8.